The van der Waals surface area contributed by atoms with Crippen molar-refractivity contribution in [3.8, 4) is 11.8 Å². The molecule has 2 aromatic carbocycles. The van der Waals surface area contributed by atoms with Gasteiger partial charge in [-0.15, -0.1) is 0 Å². The van der Waals surface area contributed by atoms with Gasteiger partial charge in [0.05, 0.1) is 15.6 Å². The first kappa shape index (κ1) is 25.7. The first-order valence-corrected chi connectivity index (χ1v) is 9.80. The summed E-state index contributed by atoms with van der Waals surface area (Å²) in [4.78, 5) is 32.1. The van der Waals surface area contributed by atoms with Gasteiger partial charge in [0, 0.05) is 30.1 Å². The van der Waals surface area contributed by atoms with E-state index in [9.17, 15) is 14.7 Å². The number of rotatable bonds is 6. The molecule has 0 fully saturated rings. The Kier molecular flexibility index (Phi) is 9.97. The van der Waals surface area contributed by atoms with Gasteiger partial charge in [-0.25, -0.2) is 14.8 Å². The van der Waals surface area contributed by atoms with Crippen LogP contribution in [0.25, 0.3) is 0 Å². The number of carboxylic acid groups (broad SMARTS) is 1. The molecule has 0 radical (unpaired) electrons. The van der Waals surface area contributed by atoms with Crippen molar-refractivity contribution in [3.63, 3.8) is 0 Å². The Morgan fingerprint density at radius 1 is 1.00 bits per heavy atom. The molecule has 0 spiro atoms. The van der Waals surface area contributed by atoms with Crippen LogP contribution in [0.4, 0.5) is 11.6 Å². The van der Waals surface area contributed by atoms with Gasteiger partial charge in [0.2, 0.25) is 5.95 Å². The molecule has 7 nitrogen and oxygen atoms in total. The molecule has 0 aliphatic rings. The third-order valence-electron chi connectivity index (χ3n) is 4.04. The summed E-state index contributed by atoms with van der Waals surface area (Å²) < 4.78 is 0. The Morgan fingerprint density at radius 3 is 2.22 bits per heavy atom. The molecular formula is C22H17Cl2N4NaO3. The average Bonchev–Trinajstić information content (AvgIpc) is 2.75. The van der Waals surface area contributed by atoms with Crippen LogP contribution in [0.15, 0.2) is 60.9 Å². The van der Waals surface area contributed by atoms with Crippen molar-refractivity contribution >= 4 is 76.3 Å². The van der Waals surface area contributed by atoms with Crippen LogP contribution in [0.5, 0.6) is 0 Å². The third-order valence-corrected chi connectivity index (χ3v) is 4.67. The number of carboxylic acids is 1. The molecule has 0 saturated carbocycles. The number of carbonyl (C=O) groups is 2. The fraction of sp³-hybridized carbons (Fsp3) is 0.0909. The number of nitrogens with one attached hydrogen (secondary N) is 2. The molecule has 1 unspecified atom stereocenters. The first-order chi connectivity index (χ1) is 14.9. The number of hydrogen-bond donors (Lipinski definition) is 3. The van der Waals surface area contributed by atoms with Crippen LogP contribution < -0.4 is 10.6 Å². The Morgan fingerprint density at radius 2 is 1.62 bits per heavy atom. The quantitative estimate of drug-likeness (QED) is 0.370. The predicted molar refractivity (Wildman–Crippen MR) is 126 cm³/mol. The molecular weight excluding hydrogens is 462 g/mol. The minimum absolute atomic E-state index is 0. The number of aliphatic carboxylic acids is 1. The van der Waals surface area contributed by atoms with E-state index in [2.05, 4.69) is 32.4 Å². The standard InChI is InChI=1S/C22H16Cl2N4O3.Na.H/c23-16-5-2-6-17(24)19(16)20(29)28-18(21(30)31)7-1-4-14-8-10-15(11-9-14)27-22-25-12-3-13-26-22;;/h2-3,5-6,8-13,18H,7H2,(H,28,29)(H,30,31)(H,25,26,27);;. The van der Waals surface area contributed by atoms with Crippen molar-refractivity contribution < 1.29 is 14.7 Å². The summed E-state index contributed by atoms with van der Waals surface area (Å²) in [5, 5.41) is 15.1. The summed E-state index contributed by atoms with van der Waals surface area (Å²) in [6, 6.07) is 12.2. The molecule has 3 aromatic rings. The van der Waals surface area contributed by atoms with Crippen LogP contribution >= 0.6 is 23.2 Å². The van der Waals surface area contributed by atoms with Crippen molar-refractivity contribution in [1.29, 1.82) is 0 Å². The average molecular weight is 479 g/mol. The second kappa shape index (κ2) is 12.4. The number of amides is 1. The number of aromatic nitrogens is 2. The summed E-state index contributed by atoms with van der Waals surface area (Å²) in [5.74, 6) is 4.24. The van der Waals surface area contributed by atoms with E-state index in [4.69, 9.17) is 23.2 Å². The van der Waals surface area contributed by atoms with Gasteiger partial charge in [-0.1, -0.05) is 41.1 Å². The van der Waals surface area contributed by atoms with E-state index in [-0.39, 0.29) is 51.6 Å². The number of halogens is 2. The third kappa shape index (κ3) is 7.23. The number of hydrogen-bond acceptors (Lipinski definition) is 5. The molecule has 1 aromatic heterocycles. The summed E-state index contributed by atoms with van der Waals surface area (Å²) in [6.45, 7) is 0. The molecule has 3 N–H and O–H groups in total. The van der Waals surface area contributed by atoms with Crippen LogP contribution in [-0.4, -0.2) is 62.6 Å². The molecule has 0 saturated heterocycles. The maximum absolute atomic E-state index is 12.4. The van der Waals surface area contributed by atoms with E-state index in [1.807, 2.05) is 0 Å². The molecule has 158 valence electrons. The van der Waals surface area contributed by atoms with Crippen LogP contribution in [-0.2, 0) is 4.79 Å². The van der Waals surface area contributed by atoms with Crippen molar-refractivity contribution in [3.05, 3.63) is 82.1 Å². The van der Waals surface area contributed by atoms with Crippen LogP contribution in [0.1, 0.15) is 22.3 Å². The van der Waals surface area contributed by atoms with Gasteiger partial charge in [-0.2, -0.15) is 0 Å². The van der Waals surface area contributed by atoms with Crippen LogP contribution in [0.3, 0.4) is 0 Å². The summed E-state index contributed by atoms with van der Waals surface area (Å²) in [5.41, 5.74) is 1.49. The molecule has 1 atom stereocenters. The fourth-order valence-electron chi connectivity index (χ4n) is 2.53. The molecule has 3 rings (SSSR count). The summed E-state index contributed by atoms with van der Waals surface area (Å²) in [6.07, 6.45) is 3.17. The van der Waals surface area contributed by atoms with Gasteiger partial charge in [0.25, 0.3) is 5.91 Å². The zero-order valence-corrected chi connectivity index (χ0v) is 17.5. The molecule has 32 heavy (non-hydrogen) atoms. The molecule has 10 heteroatoms. The zero-order valence-electron chi connectivity index (χ0n) is 16.0. The van der Waals surface area contributed by atoms with E-state index in [1.165, 1.54) is 12.1 Å². The summed E-state index contributed by atoms with van der Waals surface area (Å²) >= 11 is 12.0. The molecule has 1 amide bonds. The maximum atomic E-state index is 12.4. The molecule has 1 heterocycles. The number of benzene rings is 2. The SMILES string of the molecule is O=C(NC(CC#Cc1ccc(Nc2ncccn2)cc1)C(=O)O)c1c(Cl)cccc1Cl.[NaH]. The second-order valence-electron chi connectivity index (χ2n) is 6.24. The topological polar surface area (TPSA) is 104 Å². The van der Waals surface area contributed by atoms with Gasteiger partial charge in [0.1, 0.15) is 6.04 Å². The van der Waals surface area contributed by atoms with Crippen molar-refractivity contribution in [1.82, 2.24) is 15.3 Å². The van der Waals surface area contributed by atoms with Gasteiger partial charge < -0.3 is 15.7 Å². The second-order valence-corrected chi connectivity index (χ2v) is 7.06. The number of nitrogens with zero attached hydrogens (tertiary/aromatic N) is 2. The number of anilines is 2. The van der Waals surface area contributed by atoms with E-state index in [0.717, 1.165) is 5.69 Å². The minimum atomic E-state index is -1.22. The van der Waals surface area contributed by atoms with Crippen molar-refractivity contribution in [2.24, 2.45) is 0 Å². The van der Waals surface area contributed by atoms with E-state index in [1.54, 1.807) is 48.8 Å². The van der Waals surface area contributed by atoms with E-state index in [0.29, 0.717) is 11.5 Å². The van der Waals surface area contributed by atoms with E-state index < -0.39 is 17.9 Å². The van der Waals surface area contributed by atoms with Crippen LogP contribution in [0.2, 0.25) is 10.0 Å². The fourth-order valence-corrected chi connectivity index (χ4v) is 3.10. The number of carbonyl (C=O) groups excluding carboxylic acids is 1. The Balaban J connectivity index is 0.00000363. The van der Waals surface area contributed by atoms with Gasteiger partial charge >= 0.3 is 35.5 Å². The van der Waals surface area contributed by atoms with Gasteiger partial charge in [-0.3, -0.25) is 4.79 Å². The van der Waals surface area contributed by atoms with Gasteiger partial charge in [0.15, 0.2) is 0 Å². The normalized spacial score (nSPS) is 10.7. The Hall–Kier alpha value is -2.60. The first-order valence-electron chi connectivity index (χ1n) is 9.04. The monoisotopic (exact) mass is 478 g/mol. The van der Waals surface area contributed by atoms with Crippen LogP contribution in [0, 0.1) is 11.8 Å². The predicted octanol–water partition coefficient (Wildman–Crippen LogP) is 3.50. The zero-order chi connectivity index (χ0) is 22.2. The molecule has 0 bridgehead atoms. The van der Waals surface area contributed by atoms with Crippen molar-refractivity contribution in [2.45, 2.75) is 12.5 Å². The Bertz CT molecular complexity index is 1130. The van der Waals surface area contributed by atoms with E-state index >= 15 is 0 Å². The Labute approximate surface area is 216 Å². The molecule has 0 aliphatic carbocycles. The van der Waals surface area contributed by atoms with Gasteiger partial charge in [-0.05, 0) is 42.5 Å². The van der Waals surface area contributed by atoms with Crippen molar-refractivity contribution in [2.75, 3.05) is 5.32 Å². The summed E-state index contributed by atoms with van der Waals surface area (Å²) in [7, 11) is 0. The molecule has 0 aliphatic heterocycles.